The molecule has 0 amide bonds. The molecule has 1 atom stereocenters. The minimum atomic E-state index is -0.522. The minimum Gasteiger partial charge on any atom is -0.321 e. The van der Waals surface area contributed by atoms with E-state index in [4.69, 9.17) is 17.3 Å². The van der Waals surface area contributed by atoms with Gasteiger partial charge in [0, 0.05) is 16.5 Å². The molecule has 0 heterocycles. The highest BCUT2D eigenvalue weighted by atomic mass is 35.5. The van der Waals surface area contributed by atoms with Crippen LogP contribution in [-0.4, -0.2) is 11.8 Å². The van der Waals surface area contributed by atoms with Gasteiger partial charge in [0.05, 0.1) is 6.04 Å². The first-order valence-corrected chi connectivity index (χ1v) is 9.56. The number of hydrogen-bond donors (Lipinski definition) is 1. The Hall–Kier alpha value is -2.42. The van der Waals surface area contributed by atoms with E-state index in [1.54, 1.807) is 6.07 Å². The first-order chi connectivity index (χ1) is 13.0. The van der Waals surface area contributed by atoms with E-state index in [-0.39, 0.29) is 17.6 Å². The van der Waals surface area contributed by atoms with Crippen molar-refractivity contribution in [3.05, 3.63) is 106 Å². The van der Waals surface area contributed by atoms with Crippen LogP contribution < -0.4 is 5.73 Å². The van der Waals surface area contributed by atoms with Crippen molar-refractivity contribution < 1.29 is 4.79 Å². The monoisotopic (exact) mass is 377 g/mol. The number of halogens is 1. The van der Waals surface area contributed by atoms with Crippen LogP contribution >= 0.6 is 11.6 Å². The number of hydrogen-bond acceptors (Lipinski definition) is 2. The molecule has 27 heavy (non-hydrogen) atoms. The van der Waals surface area contributed by atoms with Gasteiger partial charge in [-0.2, -0.15) is 0 Å². The summed E-state index contributed by atoms with van der Waals surface area (Å²) in [6.07, 6.45) is 0. The molecule has 0 aliphatic heterocycles. The zero-order chi connectivity index (χ0) is 19.4. The largest absolute Gasteiger partial charge is 0.321 e. The van der Waals surface area contributed by atoms with Gasteiger partial charge in [-0.15, -0.1) is 0 Å². The molecule has 0 aliphatic carbocycles. The molecule has 0 fully saturated rings. The van der Waals surface area contributed by atoms with Crippen LogP contribution in [0.25, 0.3) is 0 Å². The van der Waals surface area contributed by atoms with Gasteiger partial charge in [0.25, 0.3) is 0 Å². The molecule has 0 spiro atoms. The van der Waals surface area contributed by atoms with E-state index in [9.17, 15) is 4.79 Å². The van der Waals surface area contributed by atoms with Gasteiger partial charge in [-0.1, -0.05) is 98.2 Å². The third-order valence-corrected chi connectivity index (χ3v) is 5.21. The molecule has 2 nitrogen and oxygen atoms in total. The summed E-state index contributed by atoms with van der Waals surface area (Å²) in [6, 6.07) is 25.5. The Morgan fingerprint density at radius 3 is 1.81 bits per heavy atom. The highest BCUT2D eigenvalue weighted by molar-refractivity contribution is 6.32. The Labute approximate surface area is 166 Å². The van der Waals surface area contributed by atoms with E-state index in [2.05, 4.69) is 24.3 Å². The average molecular weight is 378 g/mol. The van der Waals surface area contributed by atoms with E-state index in [0.29, 0.717) is 10.6 Å². The maximum atomic E-state index is 12.6. The second kappa shape index (κ2) is 8.51. The van der Waals surface area contributed by atoms with Crippen molar-refractivity contribution in [1.29, 1.82) is 0 Å². The Morgan fingerprint density at radius 1 is 0.852 bits per heavy atom. The molecule has 0 unspecified atom stereocenters. The van der Waals surface area contributed by atoms with Gasteiger partial charge in [-0.05, 0) is 28.7 Å². The van der Waals surface area contributed by atoms with E-state index in [0.717, 1.165) is 16.7 Å². The second-order valence-electron chi connectivity index (χ2n) is 7.12. The van der Waals surface area contributed by atoms with Crippen LogP contribution in [0.3, 0.4) is 0 Å². The lowest BCUT2D eigenvalue weighted by atomic mass is 9.84. The zero-order valence-corrected chi connectivity index (χ0v) is 16.4. The first kappa shape index (κ1) is 19.3. The van der Waals surface area contributed by atoms with Crippen LogP contribution in [0.4, 0.5) is 0 Å². The Bertz CT molecular complexity index is 867. The highest BCUT2D eigenvalue weighted by Gasteiger charge is 2.23. The maximum Gasteiger partial charge on any atom is 0.179 e. The van der Waals surface area contributed by atoms with Crippen molar-refractivity contribution in [2.24, 2.45) is 11.7 Å². The standard InChI is InChI=1S/C24H24ClNO/c1-16(2)23(26)24(27)19-13-14-20(21(25)15-19)22(17-9-5-3-6-10-17)18-11-7-4-8-12-18/h3-16,22-23H,26H2,1-2H3/t23-/m0/s1. The fourth-order valence-electron chi connectivity index (χ4n) is 3.25. The first-order valence-electron chi connectivity index (χ1n) is 9.18. The normalized spacial score (nSPS) is 12.4. The summed E-state index contributed by atoms with van der Waals surface area (Å²) >= 11 is 6.66. The number of carbonyl (C=O) groups excluding carboxylic acids is 1. The fraction of sp³-hybridized carbons (Fsp3) is 0.208. The van der Waals surface area contributed by atoms with Crippen LogP contribution in [0.1, 0.15) is 46.8 Å². The molecule has 0 aromatic heterocycles. The van der Waals surface area contributed by atoms with Crippen LogP contribution in [0, 0.1) is 5.92 Å². The fourth-order valence-corrected chi connectivity index (χ4v) is 3.54. The van der Waals surface area contributed by atoms with E-state index in [1.807, 2.05) is 62.4 Å². The molecular weight excluding hydrogens is 354 g/mol. The predicted octanol–water partition coefficient (Wildman–Crippen LogP) is 5.69. The van der Waals surface area contributed by atoms with Gasteiger partial charge < -0.3 is 5.73 Å². The lowest BCUT2D eigenvalue weighted by molar-refractivity contribution is 0.0940. The van der Waals surface area contributed by atoms with E-state index in [1.165, 1.54) is 0 Å². The number of ketones is 1. The Balaban J connectivity index is 2.05. The lowest BCUT2D eigenvalue weighted by Crippen LogP contribution is -2.35. The van der Waals surface area contributed by atoms with Crippen molar-refractivity contribution >= 4 is 17.4 Å². The summed E-state index contributed by atoms with van der Waals surface area (Å²) in [6.45, 7) is 3.89. The van der Waals surface area contributed by atoms with Crippen molar-refractivity contribution in [2.45, 2.75) is 25.8 Å². The molecule has 3 aromatic rings. The third kappa shape index (κ3) is 4.29. The number of carbonyl (C=O) groups is 1. The van der Waals surface area contributed by atoms with Crippen molar-refractivity contribution in [1.82, 2.24) is 0 Å². The predicted molar refractivity (Wildman–Crippen MR) is 112 cm³/mol. The SMILES string of the molecule is CC(C)[C@H](N)C(=O)c1ccc(C(c2ccccc2)c2ccccc2)c(Cl)c1. The molecule has 0 bridgehead atoms. The van der Waals surface area contributed by atoms with Gasteiger partial charge in [-0.3, -0.25) is 4.79 Å². The summed E-state index contributed by atoms with van der Waals surface area (Å²) in [4.78, 5) is 12.6. The minimum absolute atomic E-state index is 0.00262. The molecule has 0 saturated heterocycles. The molecule has 138 valence electrons. The summed E-state index contributed by atoms with van der Waals surface area (Å²) in [5.41, 5.74) is 9.88. The van der Waals surface area contributed by atoms with E-state index < -0.39 is 6.04 Å². The van der Waals surface area contributed by atoms with Gasteiger partial charge >= 0.3 is 0 Å². The van der Waals surface area contributed by atoms with Crippen molar-refractivity contribution in [2.75, 3.05) is 0 Å². The van der Waals surface area contributed by atoms with Gasteiger partial charge in [0.15, 0.2) is 5.78 Å². The van der Waals surface area contributed by atoms with Crippen LogP contribution in [0.5, 0.6) is 0 Å². The smallest absolute Gasteiger partial charge is 0.179 e. The number of rotatable bonds is 6. The molecule has 3 aromatic carbocycles. The van der Waals surface area contributed by atoms with Gasteiger partial charge in [0.2, 0.25) is 0 Å². The second-order valence-corrected chi connectivity index (χ2v) is 7.53. The van der Waals surface area contributed by atoms with Crippen molar-refractivity contribution in [3.8, 4) is 0 Å². The lowest BCUT2D eigenvalue weighted by Gasteiger charge is -2.21. The number of benzene rings is 3. The molecule has 2 N–H and O–H groups in total. The summed E-state index contributed by atoms with van der Waals surface area (Å²) in [5, 5.41) is 0.578. The number of nitrogens with two attached hydrogens (primary N) is 1. The quantitative estimate of drug-likeness (QED) is 0.443. The summed E-state index contributed by atoms with van der Waals surface area (Å²) in [5.74, 6) is 0.00887. The van der Waals surface area contributed by atoms with Gasteiger partial charge in [0.1, 0.15) is 0 Å². The molecular formula is C24H24ClNO. The topological polar surface area (TPSA) is 43.1 Å². The molecule has 3 rings (SSSR count). The number of Topliss-reactive ketones (excluding diaryl/α,β-unsaturated/α-hetero) is 1. The summed E-state index contributed by atoms with van der Waals surface area (Å²) < 4.78 is 0. The van der Waals surface area contributed by atoms with Crippen LogP contribution in [0.2, 0.25) is 5.02 Å². The third-order valence-electron chi connectivity index (χ3n) is 4.88. The average Bonchev–Trinajstić information content (AvgIpc) is 2.70. The van der Waals surface area contributed by atoms with Crippen LogP contribution in [0.15, 0.2) is 78.9 Å². The van der Waals surface area contributed by atoms with Gasteiger partial charge in [-0.25, -0.2) is 0 Å². The molecule has 0 aliphatic rings. The van der Waals surface area contributed by atoms with Crippen molar-refractivity contribution in [3.63, 3.8) is 0 Å². The van der Waals surface area contributed by atoms with Crippen LogP contribution in [-0.2, 0) is 0 Å². The highest BCUT2D eigenvalue weighted by Crippen LogP contribution is 2.36. The summed E-state index contributed by atoms with van der Waals surface area (Å²) in [7, 11) is 0. The zero-order valence-electron chi connectivity index (χ0n) is 15.6. The Morgan fingerprint density at radius 2 is 1.37 bits per heavy atom. The van der Waals surface area contributed by atoms with E-state index >= 15 is 0 Å². The maximum absolute atomic E-state index is 12.6. The molecule has 0 saturated carbocycles. The molecule has 3 heteroatoms. The Kier molecular flexibility index (Phi) is 6.10. The molecule has 0 radical (unpaired) electrons.